The van der Waals surface area contributed by atoms with Crippen molar-refractivity contribution in [1.82, 2.24) is 0 Å². The first-order valence-corrected chi connectivity index (χ1v) is 9.65. The molecule has 0 unspecified atom stereocenters. The molecule has 6 nitrogen and oxygen atoms in total. The van der Waals surface area contributed by atoms with Gasteiger partial charge in [0.05, 0.1) is 10.0 Å². The highest BCUT2D eigenvalue weighted by Gasteiger charge is 2.20. The maximum atomic E-state index is 11.5. The molecule has 0 aliphatic heterocycles. The molecule has 154 valence electrons. The van der Waals surface area contributed by atoms with Gasteiger partial charge >= 0.3 is 11.9 Å². The summed E-state index contributed by atoms with van der Waals surface area (Å²) in [6.45, 7) is 2.06. The van der Waals surface area contributed by atoms with Crippen LogP contribution in [0.25, 0.3) is 5.57 Å². The van der Waals surface area contributed by atoms with E-state index in [0.29, 0.717) is 23.1 Å². The molecule has 0 spiro atoms. The minimum absolute atomic E-state index is 0.150. The number of carboxylic acids is 2. The Balaban J connectivity index is 2.70. The lowest BCUT2D eigenvalue weighted by Crippen LogP contribution is -2.02. The molecule has 29 heavy (non-hydrogen) atoms. The second-order valence-corrected chi connectivity index (χ2v) is 7.25. The van der Waals surface area contributed by atoms with Crippen LogP contribution in [-0.2, 0) is 0 Å². The predicted octanol–water partition coefficient (Wildman–Crippen LogP) is 5.81. The number of hydrogen-bond donors (Lipinski definition) is 4. The number of carbonyl (C=O) groups is 2. The van der Waals surface area contributed by atoms with E-state index in [4.69, 9.17) is 23.2 Å². The Morgan fingerprint density at radius 1 is 0.862 bits per heavy atom. The molecule has 2 aromatic carbocycles. The Morgan fingerprint density at radius 3 is 1.69 bits per heavy atom. The normalized spacial score (nSPS) is 10.6. The maximum absolute atomic E-state index is 11.5. The highest BCUT2D eigenvalue weighted by molar-refractivity contribution is 6.33. The number of unbranched alkanes of at least 4 members (excludes halogenated alkanes) is 3. The smallest absolute Gasteiger partial charge is 0.339 e. The van der Waals surface area contributed by atoms with Crippen LogP contribution < -0.4 is 0 Å². The van der Waals surface area contributed by atoms with Gasteiger partial charge in [0.25, 0.3) is 0 Å². The number of rotatable bonds is 8. The molecule has 0 amide bonds. The molecule has 0 heterocycles. The molecule has 0 atom stereocenters. The Bertz CT molecular complexity index is 910. The van der Waals surface area contributed by atoms with E-state index in [2.05, 4.69) is 6.92 Å². The molecule has 0 saturated carbocycles. The van der Waals surface area contributed by atoms with Crippen LogP contribution >= 0.6 is 23.2 Å². The van der Waals surface area contributed by atoms with Gasteiger partial charge in [-0.05, 0) is 53.8 Å². The van der Waals surface area contributed by atoms with Gasteiger partial charge in [-0.15, -0.1) is 0 Å². The summed E-state index contributed by atoms with van der Waals surface area (Å²) in [5, 5.41) is 38.2. The Kier molecular flexibility index (Phi) is 7.53. The zero-order chi connectivity index (χ0) is 21.7. The SMILES string of the molecule is CCCCCC=C(c1cc(Cl)c(O)c(C(=O)O)c1)c1cc(Cl)c(O)c(C(=O)O)c1. The van der Waals surface area contributed by atoms with Gasteiger partial charge in [-0.25, -0.2) is 9.59 Å². The van der Waals surface area contributed by atoms with Gasteiger partial charge in [0.1, 0.15) is 22.6 Å². The van der Waals surface area contributed by atoms with Crippen LogP contribution in [0.2, 0.25) is 10.0 Å². The number of aromatic hydroxyl groups is 2. The molecular formula is C21H20Cl2O6. The summed E-state index contributed by atoms with van der Waals surface area (Å²) in [4.78, 5) is 22.9. The zero-order valence-electron chi connectivity index (χ0n) is 15.6. The van der Waals surface area contributed by atoms with Crippen molar-refractivity contribution in [2.45, 2.75) is 32.6 Å². The third kappa shape index (κ3) is 5.22. The quantitative estimate of drug-likeness (QED) is 0.386. The lowest BCUT2D eigenvalue weighted by atomic mass is 9.93. The van der Waals surface area contributed by atoms with E-state index in [1.54, 1.807) is 0 Å². The molecule has 8 heteroatoms. The number of allylic oxidation sites excluding steroid dienone is 1. The van der Waals surface area contributed by atoms with Gasteiger partial charge < -0.3 is 20.4 Å². The van der Waals surface area contributed by atoms with Crippen LogP contribution in [0, 0.1) is 0 Å². The van der Waals surface area contributed by atoms with Crippen molar-refractivity contribution in [3.63, 3.8) is 0 Å². The first kappa shape index (κ1) is 22.6. The summed E-state index contributed by atoms with van der Waals surface area (Å²) in [6, 6.07) is 5.32. The van der Waals surface area contributed by atoms with E-state index < -0.39 is 23.4 Å². The molecule has 4 N–H and O–H groups in total. The maximum Gasteiger partial charge on any atom is 0.339 e. The van der Waals surface area contributed by atoms with Crippen molar-refractivity contribution in [1.29, 1.82) is 0 Å². The molecule has 2 aromatic rings. The van der Waals surface area contributed by atoms with Crippen molar-refractivity contribution in [2.24, 2.45) is 0 Å². The molecule has 0 aliphatic carbocycles. The number of benzene rings is 2. The summed E-state index contributed by atoms with van der Waals surface area (Å²) in [5.41, 5.74) is 0.486. The summed E-state index contributed by atoms with van der Waals surface area (Å²) < 4.78 is 0. The molecule has 0 saturated heterocycles. The number of phenols is 2. The average molecular weight is 439 g/mol. The van der Waals surface area contributed by atoms with Gasteiger partial charge in [0.15, 0.2) is 0 Å². The van der Waals surface area contributed by atoms with E-state index in [-0.39, 0.29) is 21.2 Å². The molecule has 0 aliphatic rings. The van der Waals surface area contributed by atoms with E-state index in [1.165, 1.54) is 24.3 Å². The van der Waals surface area contributed by atoms with Crippen molar-refractivity contribution in [2.75, 3.05) is 0 Å². The zero-order valence-corrected chi connectivity index (χ0v) is 17.1. The molecular weight excluding hydrogens is 419 g/mol. The number of aromatic carboxylic acids is 2. The Hall–Kier alpha value is -2.70. The highest BCUT2D eigenvalue weighted by atomic mass is 35.5. The first-order valence-electron chi connectivity index (χ1n) is 8.89. The molecule has 0 aromatic heterocycles. The van der Waals surface area contributed by atoms with Crippen LogP contribution in [0.4, 0.5) is 0 Å². The van der Waals surface area contributed by atoms with Gasteiger partial charge in [0, 0.05) is 0 Å². The van der Waals surface area contributed by atoms with Crippen LogP contribution in [0.1, 0.15) is 64.4 Å². The second-order valence-electron chi connectivity index (χ2n) is 6.43. The minimum Gasteiger partial charge on any atom is -0.505 e. The van der Waals surface area contributed by atoms with E-state index in [1.807, 2.05) is 6.08 Å². The fourth-order valence-electron chi connectivity index (χ4n) is 2.88. The summed E-state index contributed by atoms with van der Waals surface area (Å²) in [6.07, 6.45) is 5.33. The van der Waals surface area contributed by atoms with Crippen LogP contribution in [0.5, 0.6) is 11.5 Å². The standard InChI is InChI=1S/C21H20Cl2O6/c1-2-3-4-5-6-13(11-7-14(20(26)27)18(24)16(22)9-11)12-8-15(21(28)29)19(25)17(23)10-12/h6-10,24-25H,2-5H2,1H3,(H,26,27)(H,28,29). The summed E-state index contributed by atoms with van der Waals surface area (Å²) in [7, 11) is 0. The largest absolute Gasteiger partial charge is 0.505 e. The lowest BCUT2D eigenvalue weighted by Gasteiger charge is -2.14. The molecule has 0 radical (unpaired) electrons. The Morgan fingerprint density at radius 2 is 1.31 bits per heavy atom. The summed E-state index contributed by atoms with van der Waals surface area (Å²) >= 11 is 12.0. The third-order valence-corrected chi connectivity index (χ3v) is 4.94. The minimum atomic E-state index is -1.36. The second kappa shape index (κ2) is 9.67. The van der Waals surface area contributed by atoms with Gasteiger partial charge in [-0.3, -0.25) is 0 Å². The van der Waals surface area contributed by atoms with E-state index in [0.717, 1.165) is 19.3 Å². The van der Waals surface area contributed by atoms with Crippen LogP contribution in [0.3, 0.4) is 0 Å². The molecule has 0 bridgehead atoms. The topological polar surface area (TPSA) is 115 Å². The van der Waals surface area contributed by atoms with Gasteiger partial charge in [-0.1, -0.05) is 49.0 Å². The Labute approximate surface area is 177 Å². The highest BCUT2D eigenvalue weighted by Crippen LogP contribution is 2.37. The van der Waals surface area contributed by atoms with Crippen molar-refractivity contribution in [3.8, 4) is 11.5 Å². The predicted molar refractivity (Wildman–Crippen MR) is 111 cm³/mol. The van der Waals surface area contributed by atoms with Gasteiger partial charge in [0.2, 0.25) is 0 Å². The first-order chi connectivity index (χ1) is 13.7. The average Bonchev–Trinajstić information content (AvgIpc) is 2.65. The van der Waals surface area contributed by atoms with Crippen LogP contribution in [-0.4, -0.2) is 32.4 Å². The molecule has 2 rings (SSSR count). The lowest BCUT2D eigenvalue weighted by molar-refractivity contribution is 0.0682. The summed E-state index contributed by atoms with van der Waals surface area (Å²) in [5.74, 6) is -3.82. The fourth-order valence-corrected chi connectivity index (χ4v) is 3.32. The van der Waals surface area contributed by atoms with Crippen LogP contribution in [0.15, 0.2) is 30.3 Å². The molecule has 0 fully saturated rings. The monoisotopic (exact) mass is 438 g/mol. The third-order valence-electron chi connectivity index (χ3n) is 4.37. The fraction of sp³-hybridized carbons (Fsp3) is 0.238. The van der Waals surface area contributed by atoms with Crippen molar-refractivity contribution >= 4 is 40.7 Å². The van der Waals surface area contributed by atoms with Crippen molar-refractivity contribution < 1.29 is 30.0 Å². The number of halogens is 2. The number of carboxylic acid groups (broad SMARTS) is 2. The van der Waals surface area contributed by atoms with Gasteiger partial charge in [-0.2, -0.15) is 0 Å². The van der Waals surface area contributed by atoms with Crippen molar-refractivity contribution in [3.05, 3.63) is 62.6 Å². The van der Waals surface area contributed by atoms with E-state index in [9.17, 15) is 30.0 Å². The number of hydrogen-bond acceptors (Lipinski definition) is 4. The van der Waals surface area contributed by atoms with E-state index >= 15 is 0 Å².